The number of aliphatic imine (C=N–C) groups is 1. The lowest BCUT2D eigenvalue weighted by atomic mass is 10.00. The Kier molecular flexibility index (Phi) is 14.7. The minimum atomic E-state index is -1.81. The average molecular weight is 650 g/mol. The number of nitrogens with two attached hydrogens (primary N) is 3. The van der Waals surface area contributed by atoms with Gasteiger partial charge in [0.25, 0.3) is 0 Å². The van der Waals surface area contributed by atoms with Crippen LogP contribution in [0.25, 0.3) is 0 Å². The van der Waals surface area contributed by atoms with Gasteiger partial charge in [-0.05, 0) is 62.6 Å². The highest BCUT2D eigenvalue weighted by Gasteiger charge is 2.41. The number of esters is 1. The Hall–Kier alpha value is -4.44. The van der Waals surface area contributed by atoms with Crippen molar-refractivity contribution in [3.63, 3.8) is 0 Å². The van der Waals surface area contributed by atoms with Gasteiger partial charge in [-0.25, -0.2) is 9.59 Å². The lowest BCUT2D eigenvalue weighted by Gasteiger charge is -2.31. The van der Waals surface area contributed by atoms with E-state index in [0.29, 0.717) is 18.4 Å². The molecule has 1 aliphatic heterocycles. The summed E-state index contributed by atoms with van der Waals surface area (Å²) in [7, 11) is 0. The van der Waals surface area contributed by atoms with E-state index < -0.39 is 66.0 Å². The smallest absolute Gasteiger partial charge is 0.347 e. The van der Waals surface area contributed by atoms with Crippen molar-refractivity contribution in [3.05, 3.63) is 29.8 Å². The summed E-state index contributed by atoms with van der Waals surface area (Å²) in [5, 5.41) is 34.1. The van der Waals surface area contributed by atoms with Crippen LogP contribution < -0.4 is 27.8 Å². The number of aliphatic hydroxyl groups is 1. The quantitative estimate of drug-likeness (QED) is 0.0423. The molecule has 1 aliphatic rings. The molecule has 1 aromatic carbocycles. The van der Waals surface area contributed by atoms with Crippen molar-refractivity contribution < 1.29 is 44.0 Å². The highest BCUT2D eigenvalue weighted by molar-refractivity contribution is 5.95. The second-order valence-corrected chi connectivity index (χ2v) is 11.8. The molecule has 3 amide bonds. The van der Waals surface area contributed by atoms with Crippen molar-refractivity contribution in [1.29, 1.82) is 0 Å². The van der Waals surface area contributed by atoms with E-state index in [4.69, 9.17) is 21.9 Å². The Labute approximate surface area is 267 Å². The molecule has 11 N–H and O–H groups in total. The lowest BCUT2D eigenvalue weighted by molar-refractivity contribution is -0.175. The fourth-order valence-electron chi connectivity index (χ4n) is 5.01. The van der Waals surface area contributed by atoms with Gasteiger partial charge >= 0.3 is 11.9 Å². The van der Waals surface area contributed by atoms with E-state index in [9.17, 15) is 39.3 Å². The molecule has 16 heteroatoms. The molecule has 0 saturated carbocycles. The maximum atomic E-state index is 13.8. The van der Waals surface area contributed by atoms with Crippen LogP contribution in [0.5, 0.6) is 5.75 Å². The minimum absolute atomic E-state index is 0.00967. The Morgan fingerprint density at radius 3 is 2.24 bits per heavy atom. The molecule has 46 heavy (non-hydrogen) atoms. The highest BCUT2D eigenvalue weighted by atomic mass is 16.6. The maximum Gasteiger partial charge on any atom is 0.347 e. The number of guanidine groups is 1. The number of carboxylic acids is 1. The first kappa shape index (κ1) is 37.7. The number of aromatic hydroxyl groups is 1. The number of hydrogen-bond donors (Lipinski definition) is 8. The molecule has 0 bridgehead atoms. The van der Waals surface area contributed by atoms with E-state index >= 15 is 0 Å². The first-order chi connectivity index (χ1) is 21.6. The van der Waals surface area contributed by atoms with Crippen LogP contribution in [0.15, 0.2) is 29.3 Å². The number of benzene rings is 1. The zero-order chi connectivity index (χ0) is 34.6. The number of amides is 3. The number of carbonyl (C=O) groups is 5. The number of hydrogen-bond acceptors (Lipinski definition) is 10. The predicted molar refractivity (Wildman–Crippen MR) is 167 cm³/mol. The second kappa shape index (κ2) is 17.9. The number of rotatable bonds is 17. The van der Waals surface area contributed by atoms with Crippen molar-refractivity contribution in [1.82, 2.24) is 15.5 Å². The van der Waals surface area contributed by atoms with E-state index in [2.05, 4.69) is 15.6 Å². The van der Waals surface area contributed by atoms with Crippen LogP contribution in [0.1, 0.15) is 58.4 Å². The van der Waals surface area contributed by atoms with Crippen LogP contribution in [0.2, 0.25) is 0 Å². The maximum absolute atomic E-state index is 13.8. The van der Waals surface area contributed by atoms with Crippen LogP contribution in [-0.2, 0) is 35.1 Å². The van der Waals surface area contributed by atoms with Gasteiger partial charge in [0, 0.05) is 19.5 Å². The van der Waals surface area contributed by atoms with Gasteiger partial charge < -0.3 is 52.8 Å². The number of carbonyl (C=O) groups excluding carboxylic acids is 4. The number of phenols is 1. The number of aliphatic carboxylic acids is 1. The lowest BCUT2D eigenvalue weighted by Crippen LogP contribution is -2.58. The number of likely N-dealkylation sites (tertiary alicyclic amines) is 1. The number of phenolic OH excluding ortho intramolecular Hbond substituents is 1. The fraction of sp³-hybridized carbons (Fsp3) is 0.600. The van der Waals surface area contributed by atoms with Crippen LogP contribution in [0.4, 0.5) is 0 Å². The summed E-state index contributed by atoms with van der Waals surface area (Å²) in [5.74, 6) is -4.50. The molecule has 16 nitrogen and oxygen atoms in total. The van der Waals surface area contributed by atoms with Crippen LogP contribution in [0.3, 0.4) is 0 Å². The number of carboxylic acid groups (broad SMARTS) is 1. The molecule has 1 fully saturated rings. The largest absolute Gasteiger partial charge is 0.508 e. The second-order valence-electron chi connectivity index (χ2n) is 11.8. The molecule has 1 heterocycles. The molecule has 1 aromatic rings. The summed E-state index contributed by atoms with van der Waals surface area (Å²) in [5.41, 5.74) is 17.3. The van der Waals surface area contributed by atoms with Crippen molar-refractivity contribution in [2.45, 2.75) is 95.7 Å². The molecular weight excluding hydrogens is 602 g/mol. The van der Waals surface area contributed by atoms with E-state index in [1.165, 1.54) is 24.0 Å². The number of nitrogens with zero attached hydrogens (tertiary/aromatic N) is 2. The van der Waals surface area contributed by atoms with Gasteiger partial charge in [0.15, 0.2) is 5.96 Å². The normalized spacial score (nSPS) is 17.7. The standard InChI is InChI=1S/C30H47N7O9/c1-16(2)14-22(27(42)37-13-5-7-23(37)29(45)46-24(17(3)38)28(43)44)36-26(41)21(15-18-8-10-19(39)11-9-18)35-25(40)20(31)6-4-12-34-30(32)33/h8-11,16-17,20-24,38-39H,4-7,12-15,31H2,1-3H3,(H,35,40)(H,36,41)(H,43,44)(H4,32,33,34)/t17-,20+,21+,22+,23+,24+/m1/s1. The molecule has 2 rings (SSSR count). The van der Waals surface area contributed by atoms with Gasteiger partial charge in [-0.2, -0.15) is 0 Å². The Bertz CT molecular complexity index is 1240. The summed E-state index contributed by atoms with van der Waals surface area (Å²) >= 11 is 0. The minimum Gasteiger partial charge on any atom is -0.508 e. The summed E-state index contributed by atoms with van der Waals surface area (Å²) in [6.07, 6.45) is -1.80. The SMILES string of the molecule is CC(C)C[C@H](NC(=O)[C@H](Cc1ccc(O)cc1)NC(=O)[C@@H](N)CCCN=C(N)N)C(=O)N1CCC[C@H]1C(=O)O[C@H](C(=O)O)[C@@H](C)O. The predicted octanol–water partition coefficient (Wildman–Crippen LogP) is -1.30. The van der Waals surface area contributed by atoms with E-state index in [1.54, 1.807) is 12.1 Å². The molecular formula is C30H47N7O9. The fourth-order valence-corrected chi connectivity index (χ4v) is 5.01. The molecule has 1 saturated heterocycles. The zero-order valence-electron chi connectivity index (χ0n) is 26.4. The zero-order valence-corrected chi connectivity index (χ0v) is 26.4. The summed E-state index contributed by atoms with van der Waals surface area (Å²) in [6, 6.07) is 1.70. The molecule has 0 aromatic heterocycles. The van der Waals surface area contributed by atoms with Gasteiger partial charge in [-0.3, -0.25) is 19.4 Å². The van der Waals surface area contributed by atoms with Crippen molar-refractivity contribution in [3.8, 4) is 5.75 Å². The summed E-state index contributed by atoms with van der Waals surface area (Å²) < 4.78 is 5.04. The number of nitrogens with one attached hydrogen (secondary N) is 2. The molecule has 0 spiro atoms. The number of aliphatic hydroxyl groups excluding tert-OH is 1. The molecule has 6 atom stereocenters. The van der Waals surface area contributed by atoms with Gasteiger partial charge in [0.1, 0.15) is 23.9 Å². The van der Waals surface area contributed by atoms with Gasteiger partial charge in [-0.1, -0.05) is 26.0 Å². The molecule has 256 valence electrons. The summed E-state index contributed by atoms with van der Waals surface area (Å²) in [4.78, 5) is 70.0. The molecule has 0 unspecified atom stereocenters. The van der Waals surface area contributed by atoms with Crippen molar-refractivity contribution >= 4 is 35.6 Å². The molecule has 0 aliphatic carbocycles. The first-order valence-electron chi connectivity index (χ1n) is 15.2. The third-order valence-electron chi connectivity index (χ3n) is 7.37. The van der Waals surface area contributed by atoms with E-state index in [0.717, 1.165) is 0 Å². The van der Waals surface area contributed by atoms with E-state index in [-0.39, 0.29) is 56.4 Å². The Balaban J connectivity index is 2.25. The molecule has 0 radical (unpaired) electrons. The van der Waals surface area contributed by atoms with Crippen LogP contribution >= 0.6 is 0 Å². The van der Waals surface area contributed by atoms with E-state index in [1.807, 2.05) is 13.8 Å². The first-order valence-corrected chi connectivity index (χ1v) is 15.2. The third kappa shape index (κ3) is 11.8. The van der Waals surface area contributed by atoms with Gasteiger partial charge in [0.2, 0.25) is 23.8 Å². The highest BCUT2D eigenvalue weighted by Crippen LogP contribution is 2.22. The van der Waals surface area contributed by atoms with Crippen molar-refractivity contribution in [2.24, 2.45) is 28.1 Å². The van der Waals surface area contributed by atoms with Gasteiger partial charge in [0.05, 0.1) is 12.1 Å². The van der Waals surface area contributed by atoms with Crippen LogP contribution in [0, 0.1) is 5.92 Å². The Morgan fingerprint density at radius 2 is 1.67 bits per heavy atom. The third-order valence-corrected chi connectivity index (χ3v) is 7.37. The van der Waals surface area contributed by atoms with Crippen molar-refractivity contribution in [2.75, 3.05) is 13.1 Å². The van der Waals surface area contributed by atoms with Crippen LogP contribution in [-0.4, -0.2) is 105 Å². The monoisotopic (exact) mass is 649 g/mol. The Morgan fingerprint density at radius 1 is 1.04 bits per heavy atom. The average Bonchev–Trinajstić information content (AvgIpc) is 3.47. The number of ether oxygens (including phenoxy) is 1. The topological polar surface area (TPSA) is 273 Å². The summed E-state index contributed by atoms with van der Waals surface area (Å²) in [6.45, 7) is 5.29. The van der Waals surface area contributed by atoms with Gasteiger partial charge in [-0.15, -0.1) is 0 Å².